The lowest BCUT2D eigenvalue weighted by Crippen LogP contribution is -2.24. The van der Waals surface area contributed by atoms with Gasteiger partial charge in [0, 0.05) is 4.90 Å². The van der Waals surface area contributed by atoms with Gasteiger partial charge in [-0.15, -0.1) is 4.33 Å². The molecule has 1 amide bonds. The highest BCUT2D eigenvalue weighted by Gasteiger charge is 2.38. The Morgan fingerprint density at radius 2 is 1.67 bits per heavy atom. The molecule has 0 atom stereocenters. The molecule has 19 nitrogen and oxygen atoms in total. The number of benzene rings is 2. The maximum Gasteiger partial charge on any atom is 0.373 e. The number of hydrazone groups is 1. The molecule has 1 aliphatic rings. The second kappa shape index (κ2) is 16.1. The van der Waals surface area contributed by atoms with Gasteiger partial charge in [0.15, 0.2) is 11.4 Å². The van der Waals surface area contributed by atoms with E-state index in [2.05, 4.69) is 24.3 Å². The third-order valence-electron chi connectivity index (χ3n) is 6.55. The number of nitrogens with zero attached hydrogens (tertiary/aromatic N) is 4. The summed E-state index contributed by atoms with van der Waals surface area (Å²) in [4.78, 5) is 37.4. The van der Waals surface area contributed by atoms with Gasteiger partial charge >= 0.3 is 11.9 Å². The van der Waals surface area contributed by atoms with Gasteiger partial charge < -0.3 is 14.6 Å². The Labute approximate surface area is 298 Å². The van der Waals surface area contributed by atoms with Crippen LogP contribution in [0.4, 0.5) is 5.69 Å². The first kappa shape index (κ1) is 39.2. The number of rotatable bonds is 13. The van der Waals surface area contributed by atoms with E-state index in [1.165, 1.54) is 37.3 Å². The van der Waals surface area contributed by atoms with Gasteiger partial charge in [0.25, 0.3) is 26.1 Å². The van der Waals surface area contributed by atoms with Crippen molar-refractivity contribution >= 4 is 67.6 Å². The molecule has 2 heterocycles. The van der Waals surface area contributed by atoms with Crippen LogP contribution >= 0.6 is 12.0 Å². The van der Waals surface area contributed by atoms with E-state index in [4.69, 9.17) is 16.4 Å². The zero-order valence-electron chi connectivity index (χ0n) is 26.4. The fourth-order valence-electron chi connectivity index (χ4n) is 4.44. The van der Waals surface area contributed by atoms with Crippen molar-refractivity contribution in [3.63, 3.8) is 0 Å². The maximum atomic E-state index is 13.4. The molecule has 3 aromatic rings. The van der Waals surface area contributed by atoms with Crippen LogP contribution in [0.15, 0.2) is 86.1 Å². The van der Waals surface area contributed by atoms with E-state index in [1.54, 1.807) is 13.0 Å². The molecule has 0 bridgehead atoms. The van der Waals surface area contributed by atoms with Crippen LogP contribution < -0.4 is 5.01 Å². The van der Waals surface area contributed by atoms with E-state index in [9.17, 15) is 45.4 Å². The quantitative estimate of drug-likeness (QED) is 0.0284. The van der Waals surface area contributed by atoms with Crippen LogP contribution in [0.5, 0.6) is 5.88 Å². The van der Waals surface area contributed by atoms with Gasteiger partial charge in [-0.1, -0.05) is 35.8 Å². The minimum Gasteiger partial charge on any atom is -0.493 e. The molecule has 2 aromatic carbocycles. The number of anilines is 1. The van der Waals surface area contributed by atoms with Crippen LogP contribution in [-0.4, -0.2) is 76.2 Å². The number of hydrogen-bond donors (Lipinski definition) is 4. The monoisotopic (exact) mass is 776 g/mol. The van der Waals surface area contributed by atoms with E-state index in [-0.39, 0.29) is 22.8 Å². The maximum absolute atomic E-state index is 13.4. The number of aryl methyl sites for hydroxylation is 1. The van der Waals surface area contributed by atoms with Crippen LogP contribution in [-0.2, 0) is 48.7 Å². The summed E-state index contributed by atoms with van der Waals surface area (Å²) in [6, 6.07) is 6.78. The summed E-state index contributed by atoms with van der Waals surface area (Å²) >= 11 is 0.412. The Balaban J connectivity index is 1.77. The highest BCUT2D eigenvalue weighted by molar-refractivity contribution is 7.94. The molecular weight excluding hydrogens is 753 g/mol. The zero-order chi connectivity index (χ0) is 38.4. The first-order valence-corrected chi connectivity index (χ1v) is 17.6. The standard InChI is InChI=1S/C30H24N4O15S3/c1-4-46-29(37)25-19(27(35)33(31-25)21-15-17(3)11-13-23(21)51(40,41)42)9-7-6-8-10-20-26(30(38)47-5-2)32-34(28(20)36)22-16-18(50-49-48-39)12-14-24(22)52(43,44)45/h1,6-16,36,39H,5H2,2-3H3,(H,40,41,42)(H,43,44,45)/b7-6?,10-8?,19-9-. The minimum absolute atomic E-state index is 0.0859. The largest absolute Gasteiger partial charge is 0.493 e. The smallest absolute Gasteiger partial charge is 0.373 e. The normalized spacial score (nSPS) is 14.3. The van der Waals surface area contributed by atoms with Crippen molar-refractivity contribution in [2.75, 3.05) is 11.6 Å². The zero-order valence-corrected chi connectivity index (χ0v) is 28.9. The highest BCUT2D eigenvalue weighted by atomic mass is 32.2. The average molecular weight is 777 g/mol. The van der Waals surface area contributed by atoms with Gasteiger partial charge in [-0.25, -0.2) is 14.8 Å². The first-order valence-electron chi connectivity index (χ1n) is 14.0. The van der Waals surface area contributed by atoms with Gasteiger partial charge in [0.1, 0.15) is 15.9 Å². The van der Waals surface area contributed by atoms with Crippen molar-refractivity contribution in [2.45, 2.75) is 28.5 Å². The number of allylic oxidation sites excluding steroid dienone is 4. The number of esters is 2. The highest BCUT2D eigenvalue weighted by Crippen LogP contribution is 2.34. The van der Waals surface area contributed by atoms with Crippen LogP contribution in [0, 0.1) is 19.5 Å². The topological polar surface area (TPSA) is 271 Å². The lowest BCUT2D eigenvalue weighted by Gasteiger charge is -2.15. The number of terminal acetylenes is 1. The van der Waals surface area contributed by atoms with Crippen LogP contribution in [0.3, 0.4) is 0 Å². The summed E-state index contributed by atoms with van der Waals surface area (Å²) in [7, 11) is -9.79. The molecule has 0 aliphatic carbocycles. The molecule has 272 valence electrons. The van der Waals surface area contributed by atoms with Crippen molar-refractivity contribution in [3.8, 4) is 24.1 Å². The number of carbonyl (C=O) groups excluding carboxylic acids is 3. The number of amides is 1. The predicted octanol–water partition coefficient (Wildman–Crippen LogP) is 3.02. The van der Waals surface area contributed by atoms with Gasteiger partial charge in [-0.05, 0) is 61.9 Å². The third kappa shape index (κ3) is 8.62. The summed E-state index contributed by atoms with van der Waals surface area (Å²) < 4.78 is 82.3. The summed E-state index contributed by atoms with van der Waals surface area (Å²) in [6.45, 7) is 2.95. The van der Waals surface area contributed by atoms with Crippen molar-refractivity contribution in [3.05, 3.63) is 83.1 Å². The van der Waals surface area contributed by atoms with Crippen molar-refractivity contribution in [2.24, 2.45) is 5.10 Å². The molecule has 4 N–H and O–H groups in total. The van der Waals surface area contributed by atoms with Crippen molar-refractivity contribution in [1.29, 1.82) is 0 Å². The fraction of sp³-hybridized carbons (Fsp3) is 0.100. The molecule has 0 unspecified atom stereocenters. The first-order chi connectivity index (χ1) is 24.5. The van der Waals surface area contributed by atoms with E-state index in [0.29, 0.717) is 27.3 Å². The summed E-state index contributed by atoms with van der Waals surface area (Å²) in [6.07, 6.45) is 12.6. The Morgan fingerprint density at radius 3 is 2.31 bits per heavy atom. The Hall–Kier alpha value is -5.64. The second-order valence-corrected chi connectivity index (χ2v) is 13.4. The van der Waals surface area contributed by atoms with Crippen LogP contribution in [0.25, 0.3) is 11.8 Å². The van der Waals surface area contributed by atoms with Crippen molar-refractivity contribution in [1.82, 2.24) is 9.78 Å². The number of ether oxygens (including phenoxy) is 2. The van der Waals surface area contributed by atoms with Gasteiger partial charge in [0.2, 0.25) is 5.88 Å². The average Bonchev–Trinajstić information content (AvgIpc) is 3.58. The summed E-state index contributed by atoms with van der Waals surface area (Å²) in [5, 5.41) is 31.5. The molecule has 0 saturated heterocycles. The number of hydrogen-bond acceptors (Lipinski definition) is 16. The fourth-order valence-corrected chi connectivity index (χ4v) is 6.13. The van der Waals surface area contributed by atoms with E-state index < -0.39 is 76.4 Å². The molecule has 0 saturated carbocycles. The van der Waals surface area contributed by atoms with Crippen LogP contribution in [0.1, 0.15) is 28.5 Å². The number of carbonyl (C=O) groups is 3. The second-order valence-electron chi connectivity index (χ2n) is 9.89. The number of aromatic nitrogens is 2. The molecule has 22 heteroatoms. The summed E-state index contributed by atoms with van der Waals surface area (Å²) in [5.74, 6) is -4.10. The summed E-state index contributed by atoms with van der Waals surface area (Å²) in [5.41, 5.74) is -2.20. The molecular formula is C30H24N4O15S3. The SMILES string of the molecule is C#COC(=O)C1=NN(c2cc(C)ccc2S(=O)(=O)O)C(=O)/C1=C\C=CC=Cc1c(C(=O)OCC)nn(-c2cc(SOOO)ccc2S(=O)(=O)O)c1O. The molecule has 1 aliphatic heterocycles. The lowest BCUT2D eigenvalue weighted by atomic mass is 10.1. The predicted molar refractivity (Wildman–Crippen MR) is 179 cm³/mol. The molecule has 1 aromatic heterocycles. The lowest BCUT2D eigenvalue weighted by molar-refractivity contribution is -0.432. The Morgan fingerprint density at radius 1 is 1.00 bits per heavy atom. The van der Waals surface area contributed by atoms with E-state index >= 15 is 0 Å². The number of aromatic hydroxyl groups is 1. The molecule has 4 rings (SSSR count). The van der Waals surface area contributed by atoms with Gasteiger partial charge in [0.05, 0.1) is 41.2 Å². The van der Waals surface area contributed by atoms with E-state index in [1.807, 2.05) is 0 Å². The molecule has 52 heavy (non-hydrogen) atoms. The Kier molecular flexibility index (Phi) is 12.2. The van der Waals surface area contributed by atoms with Crippen LogP contribution in [0.2, 0.25) is 0 Å². The van der Waals surface area contributed by atoms with Crippen molar-refractivity contribution < 1.29 is 69.5 Å². The third-order valence-corrected chi connectivity index (χ3v) is 8.93. The minimum atomic E-state index is -4.94. The Bertz CT molecular complexity index is 2340. The van der Waals surface area contributed by atoms with E-state index in [0.717, 1.165) is 36.4 Å². The molecule has 0 radical (unpaired) electrons. The van der Waals surface area contributed by atoms with Gasteiger partial charge in [-0.2, -0.15) is 36.7 Å². The molecule has 0 fully saturated rings. The van der Waals surface area contributed by atoms with Gasteiger partial charge in [-0.3, -0.25) is 13.9 Å². The molecule has 0 spiro atoms.